The third-order valence-electron chi connectivity index (χ3n) is 4.36. The molecule has 0 amide bonds. The van der Waals surface area contributed by atoms with Gasteiger partial charge in [-0.1, -0.05) is 29.3 Å². The van der Waals surface area contributed by atoms with Gasteiger partial charge in [-0.3, -0.25) is 0 Å². The molecule has 0 bridgehead atoms. The summed E-state index contributed by atoms with van der Waals surface area (Å²) in [5.74, 6) is 0.799. The van der Waals surface area contributed by atoms with E-state index in [1.165, 1.54) is 13.4 Å². The second kappa shape index (κ2) is 8.06. The number of anilines is 2. The van der Waals surface area contributed by atoms with Crippen LogP contribution in [0.4, 0.5) is 11.5 Å². The van der Waals surface area contributed by atoms with Gasteiger partial charge in [-0.05, 0) is 36.4 Å². The number of aromatic nitrogens is 4. The number of ether oxygens (including phenoxy) is 1. The van der Waals surface area contributed by atoms with Crippen LogP contribution in [0.3, 0.4) is 0 Å². The topological polar surface area (TPSA) is 81.9 Å². The normalized spacial score (nSPS) is 10.9. The summed E-state index contributed by atoms with van der Waals surface area (Å²) in [5, 5.41) is 4.35. The Morgan fingerprint density at radius 2 is 1.79 bits per heavy atom. The molecule has 0 saturated carbocycles. The number of hydrogen-bond donors (Lipinski definition) is 1. The van der Waals surface area contributed by atoms with Crippen LogP contribution in [0.15, 0.2) is 55.1 Å². The molecule has 0 radical (unpaired) electrons. The maximum Gasteiger partial charge on any atom is 0.337 e. The molecule has 9 heteroatoms. The molecule has 7 nitrogen and oxygen atoms in total. The van der Waals surface area contributed by atoms with E-state index in [0.29, 0.717) is 39.5 Å². The molecule has 2 aromatic rings. The highest BCUT2D eigenvalue weighted by atomic mass is 35.5. The van der Waals surface area contributed by atoms with Gasteiger partial charge in [0.1, 0.15) is 6.33 Å². The lowest BCUT2D eigenvalue weighted by molar-refractivity contribution is 0.0601. The monoisotopic (exact) mass is 427 g/mol. The van der Waals surface area contributed by atoms with E-state index in [2.05, 4.69) is 20.3 Å². The molecule has 0 aromatic heterocycles. The molecule has 0 unspecified atom stereocenters. The number of methoxy groups -OCH3 is 1. The first-order valence-electron chi connectivity index (χ1n) is 8.61. The van der Waals surface area contributed by atoms with Crippen molar-refractivity contribution in [3.63, 3.8) is 0 Å². The first-order chi connectivity index (χ1) is 14.1. The minimum atomic E-state index is -0.391. The summed E-state index contributed by atoms with van der Waals surface area (Å²) in [4.78, 5) is 24.7. The lowest BCUT2D eigenvalue weighted by Crippen LogP contribution is -2.10. The number of hydrogen-bond acceptors (Lipinski definition) is 6. The number of nitrogens with zero attached hydrogens (tertiary/aromatic N) is 4. The van der Waals surface area contributed by atoms with Gasteiger partial charge in [-0.15, -0.1) is 0 Å². The first-order valence-corrected chi connectivity index (χ1v) is 9.36. The van der Waals surface area contributed by atoms with E-state index in [1.807, 2.05) is 4.57 Å². The van der Waals surface area contributed by atoms with Crippen LogP contribution >= 0.6 is 23.2 Å². The Kier molecular flexibility index (Phi) is 5.33. The van der Waals surface area contributed by atoms with Gasteiger partial charge in [0.25, 0.3) is 0 Å². The van der Waals surface area contributed by atoms with E-state index in [1.54, 1.807) is 48.8 Å². The van der Waals surface area contributed by atoms with Gasteiger partial charge in [0.15, 0.2) is 17.3 Å². The molecule has 1 N–H and O–H groups in total. The van der Waals surface area contributed by atoms with Gasteiger partial charge in [0.2, 0.25) is 0 Å². The zero-order valence-electron chi connectivity index (χ0n) is 15.3. The van der Waals surface area contributed by atoms with Crippen molar-refractivity contribution in [1.29, 1.82) is 0 Å². The predicted octanol–water partition coefficient (Wildman–Crippen LogP) is 4.66. The minimum absolute atomic E-state index is 0.391. The van der Waals surface area contributed by atoms with Crippen molar-refractivity contribution >= 4 is 40.7 Å². The zero-order valence-corrected chi connectivity index (χ0v) is 16.8. The largest absolute Gasteiger partial charge is 0.465 e. The summed E-state index contributed by atoms with van der Waals surface area (Å²) in [5.41, 5.74) is 2.60. The van der Waals surface area contributed by atoms with Crippen molar-refractivity contribution in [2.75, 3.05) is 12.4 Å². The van der Waals surface area contributed by atoms with Crippen LogP contribution in [-0.2, 0) is 11.3 Å². The highest BCUT2D eigenvalue weighted by Crippen LogP contribution is 2.30. The second-order valence-electron chi connectivity index (χ2n) is 6.16. The molecule has 0 fully saturated rings. The molecular formula is C20H15Cl2N5O2. The standard InChI is InChI=1S/C20H15Cl2N5O2/c1-29-20(28)12-5-7-13(8-6-12)26-18-17-19(24-10-23-17)27(11-25-18)9-14-15(21)3-2-4-16(14)22/h2-8,10-11,26H,9H2,1H3. The van der Waals surface area contributed by atoms with Crippen molar-refractivity contribution < 1.29 is 9.53 Å². The fourth-order valence-electron chi connectivity index (χ4n) is 2.89. The Morgan fingerprint density at radius 1 is 1.07 bits per heavy atom. The number of carbonyl (C=O) groups is 1. The molecule has 0 atom stereocenters. The van der Waals surface area contributed by atoms with E-state index in [4.69, 9.17) is 27.9 Å². The van der Waals surface area contributed by atoms with Crippen LogP contribution in [0, 0.1) is 0 Å². The Bertz CT molecular complexity index is 1120. The lowest BCUT2D eigenvalue weighted by atomic mass is 10.2. The fraction of sp³-hybridized carbons (Fsp3) is 0.100. The number of imidazole rings is 1. The summed E-state index contributed by atoms with van der Waals surface area (Å²) in [6, 6.07) is 12.3. The molecule has 4 rings (SSSR count). The number of benzene rings is 2. The summed E-state index contributed by atoms with van der Waals surface area (Å²) in [7, 11) is 1.35. The number of halogens is 2. The molecule has 146 valence electrons. The van der Waals surface area contributed by atoms with E-state index >= 15 is 0 Å². The number of nitrogens with one attached hydrogen (secondary N) is 1. The molecule has 2 aliphatic rings. The second-order valence-corrected chi connectivity index (χ2v) is 6.98. The molecule has 2 aliphatic heterocycles. The van der Waals surface area contributed by atoms with E-state index in [-0.39, 0.29) is 0 Å². The molecule has 0 spiro atoms. The fourth-order valence-corrected chi connectivity index (χ4v) is 3.40. The van der Waals surface area contributed by atoms with Crippen molar-refractivity contribution in [3.8, 4) is 11.5 Å². The van der Waals surface area contributed by atoms with Crippen molar-refractivity contribution in [3.05, 3.63) is 76.3 Å². The van der Waals surface area contributed by atoms with E-state index in [0.717, 1.165) is 11.3 Å². The number of carbonyl (C=O) groups excluding carboxylic acids is 1. The molecule has 0 aliphatic carbocycles. The quantitative estimate of drug-likeness (QED) is 0.466. The maximum absolute atomic E-state index is 11.6. The summed E-state index contributed by atoms with van der Waals surface area (Å²) < 4.78 is 6.54. The van der Waals surface area contributed by atoms with Crippen LogP contribution in [0.25, 0.3) is 11.5 Å². The van der Waals surface area contributed by atoms with Crippen LogP contribution in [0.2, 0.25) is 10.0 Å². The highest BCUT2D eigenvalue weighted by Gasteiger charge is 2.18. The zero-order chi connectivity index (χ0) is 20.4. The average Bonchev–Trinajstić information content (AvgIpc) is 3.23. The van der Waals surface area contributed by atoms with Gasteiger partial charge in [0, 0.05) is 21.3 Å². The summed E-state index contributed by atoms with van der Waals surface area (Å²) >= 11 is 12.6. The van der Waals surface area contributed by atoms with Crippen LogP contribution in [0.5, 0.6) is 0 Å². The molecule has 2 aromatic carbocycles. The molecular weight excluding hydrogens is 413 g/mol. The van der Waals surface area contributed by atoms with E-state index < -0.39 is 5.97 Å². The van der Waals surface area contributed by atoms with E-state index in [9.17, 15) is 4.79 Å². The summed E-state index contributed by atoms with van der Waals surface area (Å²) in [6.07, 6.45) is 3.13. The van der Waals surface area contributed by atoms with Crippen LogP contribution < -0.4 is 5.32 Å². The van der Waals surface area contributed by atoms with Crippen molar-refractivity contribution in [2.24, 2.45) is 0 Å². The predicted molar refractivity (Wildman–Crippen MR) is 111 cm³/mol. The van der Waals surface area contributed by atoms with Crippen LogP contribution in [-0.4, -0.2) is 32.6 Å². The maximum atomic E-state index is 11.6. The Balaban J connectivity index is 1.62. The molecule has 29 heavy (non-hydrogen) atoms. The third-order valence-corrected chi connectivity index (χ3v) is 5.07. The van der Waals surface area contributed by atoms with Crippen molar-refractivity contribution in [2.45, 2.75) is 6.54 Å². The Hall–Kier alpha value is -3.16. The van der Waals surface area contributed by atoms with Gasteiger partial charge >= 0.3 is 5.97 Å². The SMILES string of the molecule is COC(=O)c1ccc(Nc2ncn(Cc3c(Cl)cccc3Cl)c3ncnc2-3)cc1. The van der Waals surface area contributed by atoms with Crippen LogP contribution in [0.1, 0.15) is 15.9 Å². The summed E-state index contributed by atoms with van der Waals surface area (Å²) in [6.45, 7) is 0.412. The number of fused-ring (bicyclic) bond motifs is 1. The number of rotatable bonds is 5. The van der Waals surface area contributed by atoms with Gasteiger partial charge in [0.05, 0.1) is 25.5 Å². The van der Waals surface area contributed by atoms with Gasteiger partial charge in [-0.25, -0.2) is 19.7 Å². The Morgan fingerprint density at radius 3 is 2.48 bits per heavy atom. The van der Waals surface area contributed by atoms with Crippen molar-refractivity contribution in [1.82, 2.24) is 19.5 Å². The lowest BCUT2D eigenvalue weighted by Gasteiger charge is -2.15. The average molecular weight is 428 g/mol. The third kappa shape index (κ3) is 3.87. The van der Waals surface area contributed by atoms with Gasteiger partial charge < -0.3 is 14.6 Å². The Labute approximate surface area is 176 Å². The van der Waals surface area contributed by atoms with Gasteiger partial charge in [-0.2, -0.15) is 0 Å². The first kappa shape index (κ1) is 19.2. The molecule has 0 saturated heterocycles. The molecule has 2 heterocycles. The smallest absolute Gasteiger partial charge is 0.337 e. The minimum Gasteiger partial charge on any atom is -0.465 e. The highest BCUT2D eigenvalue weighted by molar-refractivity contribution is 6.36. The number of esters is 1.